The van der Waals surface area contributed by atoms with Crippen molar-refractivity contribution in [2.24, 2.45) is 0 Å². The van der Waals surface area contributed by atoms with Crippen molar-refractivity contribution in [3.63, 3.8) is 0 Å². The SMILES string of the molecule is CCOC1CCN(S(=O)(=O)c2c(C)oc(C)c2CCl)CC1. The van der Waals surface area contributed by atoms with E-state index in [-0.39, 0.29) is 16.9 Å². The van der Waals surface area contributed by atoms with Crippen LogP contribution in [0.1, 0.15) is 36.8 Å². The van der Waals surface area contributed by atoms with Gasteiger partial charge in [0.15, 0.2) is 0 Å². The van der Waals surface area contributed by atoms with Crippen LogP contribution in [0.2, 0.25) is 0 Å². The minimum atomic E-state index is -3.55. The molecule has 1 aliphatic rings. The van der Waals surface area contributed by atoms with E-state index in [0.717, 1.165) is 12.8 Å². The Balaban J connectivity index is 2.24. The second-order valence-electron chi connectivity index (χ2n) is 5.21. The molecule has 0 radical (unpaired) electrons. The van der Waals surface area contributed by atoms with E-state index < -0.39 is 10.0 Å². The van der Waals surface area contributed by atoms with E-state index in [1.54, 1.807) is 13.8 Å². The molecule has 1 fully saturated rings. The summed E-state index contributed by atoms with van der Waals surface area (Å²) < 4.78 is 38.2. The maximum Gasteiger partial charge on any atom is 0.246 e. The second kappa shape index (κ2) is 6.69. The number of hydrogen-bond acceptors (Lipinski definition) is 4. The van der Waals surface area contributed by atoms with Gasteiger partial charge in [-0.3, -0.25) is 0 Å². The lowest BCUT2D eigenvalue weighted by molar-refractivity contribution is 0.0290. The third-order valence-corrected chi connectivity index (χ3v) is 6.22. The van der Waals surface area contributed by atoms with Crippen molar-refractivity contribution in [2.75, 3.05) is 19.7 Å². The number of hydrogen-bond donors (Lipinski definition) is 0. The van der Waals surface area contributed by atoms with Crippen LogP contribution in [-0.4, -0.2) is 38.5 Å². The normalized spacial score (nSPS) is 18.3. The molecule has 0 amide bonds. The molecule has 0 spiro atoms. The van der Waals surface area contributed by atoms with Crippen molar-refractivity contribution in [3.05, 3.63) is 17.1 Å². The van der Waals surface area contributed by atoms with E-state index >= 15 is 0 Å². The van der Waals surface area contributed by atoms with Crippen LogP contribution in [-0.2, 0) is 20.6 Å². The maximum atomic E-state index is 12.8. The Morgan fingerprint density at radius 2 is 1.90 bits per heavy atom. The highest BCUT2D eigenvalue weighted by atomic mass is 35.5. The molecule has 0 saturated carbocycles. The lowest BCUT2D eigenvalue weighted by Gasteiger charge is -2.31. The summed E-state index contributed by atoms with van der Waals surface area (Å²) in [4.78, 5) is 0.241. The highest BCUT2D eigenvalue weighted by Gasteiger charge is 2.34. The van der Waals surface area contributed by atoms with E-state index in [4.69, 9.17) is 20.8 Å². The first-order valence-corrected chi connectivity index (χ1v) is 9.15. The highest BCUT2D eigenvalue weighted by molar-refractivity contribution is 7.89. The van der Waals surface area contributed by atoms with Gasteiger partial charge in [-0.05, 0) is 33.6 Å². The second-order valence-corrected chi connectivity index (χ2v) is 7.36. The Bertz CT molecular complexity index is 588. The van der Waals surface area contributed by atoms with Gasteiger partial charge >= 0.3 is 0 Å². The number of sulfonamides is 1. The van der Waals surface area contributed by atoms with Gasteiger partial charge in [-0.1, -0.05) is 0 Å². The molecule has 0 N–H and O–H groups in total. The average Bonchev–Trinajstić information content (AvgIpc) is 2.74. The summed E-state index contributed by atoms with van der Waals surface area (Å²) in [5, 5.41) is 0. The number of rotatable bonds is 5. The van der Waals surface area contributed by atoms with Gasteiger partial charge in [0.05, 0.1) is 12.0 Å². The highest BCUT2D eigenvalue weighted by Crippen LogP contribution is 2.31. The van der Waals surface area contributed by atoms with Crippen LogP contribution in [0.4, 0.5) is 0 Å². The van der Waals surface area contributed by atoms with E-state index in [0.29, 0.717) is 36.8 Å². The van der Waals surface area contributed by atoms with E-state index in [2.05, 4.69) is 0 Å². The van der Waals surface area contributed by atoms with Gasteiger partial charge in [-0.15, -0.1) is 11.6 Å². The third kappa shape index (κ3) is 3.28. The first-order chi connectivity index (χ1) is 9.91. The average molecular weight is 336 g/mol. The number of halogens is 1. The zero-order chi connectivity index (χ0) is 15.6. The lowest BCUT2D eigenvalue weighted by atomic mass is 10.1. The number of furan rings is 1. The zero-order valence-electron chi connectivity index (χ0n) is 12.7. The molecule has 0 atom stereocenters. The summed E-state index contributed by atoms with van der Waals surface area (Å²) >= 11 is 5.90. The van der Waals surface area contributed by atoms with Crippen molar-refractivity contribution < 1.29 is 17.6 Å². The third-order valence-electron chi connectivity index (χ3n) is 3.86. The maximum absolute atomic E-state index is 12.8. The fourth-order valence-electron chi connectivity index (χ4n) is 2.81. The van der Waals surface area contributed by atoms with Crippen LogP contribution >= 0.6 is 11.6 Å². The summed E-state index contributed by atoms with van der Waals surface area (Å²) in [5.41, 5.74) is 0.570. The zero-order valence-corrected chi connectivity index (χ0v) is 14.3. The predicted molar refractivity (Wildman–Crippen MR) is 81.1 cm³/mol. The molecule has 120 valence electrons. The Morgan fingerprint density at radius 3 is 2.43 bits per heavy atom. The van der Waals surface area contributed by atoms with Crippen molar-refractivity contribution in [3.8, 4) is 0 Å². The minimum Gasteiger partial charge on any atom is -0.465 e. The van der Waals surface area contributed by atoms with Gasteiger partial charge in [-0.2, -0.15) is 4.31 Å². The molecule has 0 aromatic carbocycles. The van der Waals surface area contributed by atoms with Crippen molar-refractivity contribution in [1.82, 2.24) is 4.31 Å². The quantitative estimate of drug-likeness (QED) is 0.776. The number of alkyl halides is 1. The summed E-state index contributed by atoms with van der Waals surface area (Å²) in [6.07, 6.45) is 1.60. The molecule has 21 heavy (non-hydrogen) atoms. The molecule has 5 nitrogen and oxygen atoms in total. The summed E-state index contributed by atoms with van der Waals surface area (Å²) in [7, 11) is -3.55. The van der Waals surface area contributed by atoms with Crippen LogP contribution in [0.5, 0.6) is 0 Å². The van der Waals surface area contributed by atoms with Crippen molar-refractivity contribution in [1.29, 1.82) is 0 Å². The molecule has 1 aliphatic heterocycles. The van der Waals surface area contributed by atoms with Gasteiger partial charge in [0.1, 0.15) is 16.4 Å². The standard InChI is InChI=1S/C14H22ClNO4S/c1-4-19-12-5-7-16(8-6-12)21(17,18)14-11(3)20-10(2)13(14)9-15/h12H,4-9H2,1-3H3. The summed E-state index contributed by atoms with van der Waals surface area (Å²) in [5.74, 6) is 1.12. The molecule has 7 heteroatoms. The first kappa shape index (κ1) is 16.8. The topological polar surface area (TPSA) is 59.8 Å². The monoisotopic (exact) mass is 335 g/mol. The molecule has 2 rings (SSSR count). The Morgan fingerprint density at radius 1 is 1.29 bits per heavy atom. The summed E-state index contributed by atoms with van der Waals surface area (Å²) in [6, 6.07) is 0. The molecule has 1 saturated heterocycles. The van der Waals surface area contributed by atoms with Crippen molar-refractivity contribution in [2.45, 2.75) is 50.5 Å². The minimum absolute atomic E-state index is 0.132. The van der Waals surface area contributed by atoms with E-state index in [1.165, 1.54) is 4.31 Å². The molecule has 0 aliphatic carbocycles. The van der Waals surface area contributed by atoms with Crippen LogP contribution < -0.4 is 0 Å². The number of piperidine rings is 1. The lowest BCUT2D eigenvalue weighted by Crippen LogP contribution is -2.41. The molecule has 2 heterocycles. The number of aryl methyl sites for hydroxylation is 2. The largest absolute Gasteiger partial charge is 0.465 e. The Hall–Kier alpha value is -0.560. The van der Waals surface area contributed by atoms with Crippen LogP contribution in [0, 0.1) is 13.8 Å². The van der Waals surface area contributed by atoms with Crippen LogP contribution in [0.25, 0.3) is 0 Å². The smallest absolute Gasteiger partial charge is 0.246 e. The molecule has 0 bridgehead atoms. The fourth-order valence-corrected chi connectivity index (χ4v) is 5.09. The van der Waals surface area contributed by atoms with Crippen LogP contribution in [0.15, 0.2) is 9.31 Å². The number of nitrogens with zero attached hydrogens (tertiary/aromatic N) is 1. The Kier molecular flexibility index (Phi) is 5.35. The predicted octanol–water partition coefficient (Wildman–Crippen LogP) is 2.82. The van der Waals surface area contributed by atoms with E-state index in [9.17, 15) is 8.42 Å². The fraction of sp³-hybridized carbons (Fsp3) is 0.714. The molecule has 1 aromatic heterocycles. The van der Waals surface area contributed by atoms with Gasteiger partial charge < -0.3 is 9.15 Å². The molecular formula is C14H22ClNO4S. The molecule has 1 aromatic rings. The van der Waals surface area contributed by atoms with Gasteiger partial charge in [0.25, 0.3) is 0 Å². The van der Waals surface area contributed by atoms with Gasteiger partial charge in [0, 0.05) is 25.3 Å². The molecule has 0 unspecified atom stereocenters. The first-order valence-electron chi connectivity index (χ1n) is 7.18. The van der Waals surface area contributed by atoms with Gasteiger partial charge in [-0.25, -0.2) is 8.42 Å². The van der Waals surface area contributed by atoms with Gasteiger partial charge in [0.2, 0.25) is 10.0 Å². The molecular weight excluding hydrogens is 314 g/mol. The van der Waals surface area contributed by atoms with Crippen LogP contribution in [0.3, 0.4) is 0 Å². The van der Waals surface area contributed by atoms with E-state index in [1.807, 2.05) is 6.92 Å². The summed E-state index contributed by atoms with van der Waals surface area (Å²) in [6.45, 7) is 6.96. The van der Waals surface area contributed by atoms with Crippen molar-refractivity contribution >= 4 is 21.6 Å². The number of ether oxygens (including phenoxy) is 1. The Labute approximate surface area is 131 Å².